The Hall–Kier alpha value is -1.71. The molecule has 3 amide bonds. The molecule has 162 valence electrons. The van der Waals surface area contributed by atoms with Crippen LogP contribution in [0, 0.1) is 0 Å². The topological polar surface area (TPSA) is 194 Å². The van der Waals surface area contributed by atoms with E-state index in [4.69, 9.17) is 5.11 Å². The molecular weight excluding hydrogens is 450 g/mol. The normalized spacial score (nSPS) is 19.3. The van der Waals surface area contributed by atoms with Crippen LogP contribution in [-0.4, -0.2) is 151 Å². The average Bonchev–Trinajstić information content (AvgIpc) is 2.62. The second-order valence-corrected chi connectivity index (χ2v) is 6.29. The van der Waals surface area contributed by atoms with Crippen molar-refractivity contribution in [2.75, 3.05) is 65.6 Å². The van der Waals surface area contributed by atoms with Gasteiger partial charge in [-0.2, -0.15) is 0 Å². The number of aliphatic hydroxyl groups is 3. The first kappa shape index (κ1) is 27.3. The molecule has 2 atom stereocenters. The van der Waals surface area contributed by atoms with E-state index < -0.39 is 43.6 Å². The van der Waals surface area contributed by atoms with Crippen molar-refractivity contribution in [3.63, 3.8) is 0 Å². The molecule has 1 saturated heterocycles. The summed E-state index contributed by atoms with van der Waals surface area (Å²) < 4.78 is 0. The first-order valence-corrected chi connectivity index (χ1v) is 8.72. The Kier molecular flexibility index (Phi) is 12.7. The molecule has 0 aromatic carbocycles. The van der Waals surface area contributed by atoms with Gasteiger partial charge < -0.3 is 59.7 Å². The SMILES string of the molecule is O=C([O-])N1CCN(C(=O)[O-])CCN(C(CO)C(O)CO)CCN(C(=O)[O-])CC1.[Ga+3]. The van der Waals surface area contributed by atoms with E-state index in [0.29, 0.717) is 0 Å². The van der Waals surface area contributed by atoms with Crippen LogP contribution in [0.4, 0.5) is 14.4 Å². The van der Waals surface area contributed by atoms with Crippen molar-refractivity contribution < 1.29 is 45.0 Å². The number of hydrogen-bond donors (Lipinski definition) is 3. The maximum absolute atomic E-state index is 11.3. The minimum absolute atomic E-state index is 0. The van der Waals surface area contributed by atoms with Gasteiger partial charge in [0.05, 0.1) is 25.4 Å². The molecule has 0 aromatic heterocycles. The molecule has 13 nitrogen and oxygen atoms in total. The van der Waals surface area contributed by atoms with E-state index in [0.717, 1.165) is 14.7 Å². The molecule has 0 bridgehead atoms. The second kappa shape index (κ2) is 13.5. The van der Waals surface area contributed by atoms with Gasteiger partial charge in [-0.25, -0.2) is 0 Å². The molecule has 3 N–H and O–H groups in total. The predicted octanol–water partition coefficient (Wildman–Crippen LogP) is -6.43. The minimum atomic E-state index is -1.57. The fraction of sp³-hybridized carbons (Fsp3) is 0.800. The van der Waals surface area contributed by atoms with Gasteiger partial charge in [0.15, 0.2) is 0 Å². The molecule has 29 heavy (non-hydrogen) atoms. The first-order chi connectivity index (χ1) is 13.2. The Bertz CT molecular complexity index is 512. The average molecular weight is 475 g/mol. The van der Waals surface area contributed by atoms with Crippen LogP contribution in [0.5, 0.6) is 0 Å². The molecule has 0 spiro atoms. The monoisotopic (exact) mass is 474 g/mol. The zero-order chi connectivity index (χ0) is 21.3. The van der Waals surface area contributed by atoms with E-state index in [1.54, 1.807) is 0 Å². The van der Waals surface area contributed by atoms with E-state index in [1.165, 1.54) is 4.90 Å². The summed E-state index contributed by atoms with van der Waals surface area (Å²) in [4.78, 5) is 37.8. The van der Waals surface area contributed by atoms with Crippen molar-refractivity contribution in [1.82, 2.24) is 19.6 Å². The molecule has 1 rings (SSSR count). The van der Waals surface area contributed by atoms with Crippen LogP contribution in [0.1, 0.15) is 0 Å². The van der Waals surface area contributed by atoms with Crippen LogP contribution in [0.2, 0.25) is 0 Å². The van der Waals surface area contributed by atoms with Crippen LogP contribution in [-0.2, 0) is 0 Å². The minimum Gasteiger partial charge on any atom is -0.530 e. The van der Waals surface area contributed by atoms with Gasteiger partial charge in [-0.05, 0) is 0 Å². The summed E-state index contributed by atoms with van der Waals surface area (Å²) >= 11 is 0. The molecule has 0 saturated carbocycles. The van der Waals surface area contributed by atoms with E-state index >= 15 is 0 Å². The Balaban J connectivity index is 0.00000784. The van der Waals surface area contributed by atoms with Crippen molar-refractivity contribution in [2.45, 2.75) is 12.1 Å². The molecule has 0 aromatic rings. The Morgan fingerprint density at radius 3 is 1.24 bits per heavy atom. The molecule has 0 aliphatic carbocycles. The quantitative estimate of drug-likeness (QED) is 0.329. The van der Waals surface area contributed by atoms with Gasteiger partial charge in [-0.3, -0.25) is 4.90 Å². The number of nitrogens with zero attached hydrogens (tertiary/aromatic N) is 4. The molecule has 1 fully saturated rings. The van der Waals surface area contributed by atoms with Gasteiger partial charge in [0.25, 0.3) is 0 Å². The van der Waals surface area contributed by atoms with Crippen molar-refractivity contribution >= 4 is 38.1 Å². The van der Waals surface area contributed by atoms with Gasteiger partial charge in [0.1, 0.15) is 18.3 Å². The van der Waals surface area contributed by atoms with Crippen molar-refractivity contribution in [1.29, 1.82) is 0 Å². The number of carbonyl (C=O) groups is 3. The third kappa shape index (κ3) is 8.67. The third-order valence-electron chi connectivity index (χ3n) is 4.66. The van der Waals surface area contributed by atoms with Gasteiger partial charge in [0.2, 0.25) is 0 Å². The summed E-state index contributed by atoms with van der Waals surface area (Å²) in [6.45, 7) is -2.53. The Morgan fingerprint density at radius 2 is 1.00 bits per heavy atom. The molecule has 1 aliphatic heterocycles. The first-order valence-electron chi connectivity index (χ1n) is 8.72. The third-order valence-corrected chi connectivity index (χ3v) is 4.66. The summed E-state index contributed by atoms with van der Waals surface area (Å²) in [6.07, 6.45) is -5.97. The molecule has 14 heteroatoms. The maximum atomic E-state index is 11.3. The molecular formula is C15H25GaN4O9. The van der Waals surface area contributed by atoms with Crippen LogP contribution < -0.4 is 15.3 Å². The van der Waals surface area contributed by atoms with Crippen LogP contribution in [0.15, 0.2) is 0 Å². The summed E-state index contributed by atoms with van der Waals surface area (Å²) in [7, 11) is 0. The number of hydrogen-bond acceptors (Lipinski definition) is 10. The standard InChI is InChI=1S/C15H28N4O9.Ga/c20-9-11(12(22)10-21)16-1-3-17(13(23)24)5-7-19(15(27)28)8-6-18(4-2-16)14(25)26;/h11-12,20-22H,1-10H2,(H,23,24)(H,25,26)(H,27,28);/q;+3/p-3. The number of amides is 3. The Labute approximate surface area is 180 Å². The second-order valence-electron chi connectivity index (χ2n) is 6.29. The van der Waals surface area contributed by atoms with Gasteiger partial charge in [0, 0.05) is 52.4 Å². The fourth-order valence-corrected chi connectivity index (χ4v) is 2.91. The molecule has 0 radical (unpaired) electrons. The summed E-state index contributed by atoms with van der Waals surface area (Å²) in [5, 5.41) is 62.4. The molecule has 2 unspecified atom stereocenters. The summed E-state index contributed by atoms with van der Waals surface area (Å²) in [5.41, 5.74) is 0. The van der Waals surface area contributed by atoms with E-state index in [-0.39, 0.29) is 72.1 Å². The summed E-state index contributed by atoms with van der Waals surface area (Å²) in [5.74, 6) is 0. The van der Waals surface area contributed by atoms with Crippen molar-refractivity contribution in [2.24, 2.45) is 0 Å². The largest absolute Gasteiger partial charge is 3.00 e. The van der Waals surface area contributed by atoms with Crippen LogP contribution >= 0.6 is 0 Å². The number of carbonyl (C=O) groups excluding carboxylic acids is 3. The van der Waals surface area contributed by atoms with Gasteiger partial charge in [-0.1, -0.05) is 0 Å². The van der Waals surface area contributed by atoms with E-state index in [1.807, 2.05) is 0 Å². The number of rotatable bonds is 4. The van der Waals surface area contributed by atoms with Gasteiger partial charge >= 0.3 is 19.8 Å². The smallest absolute Gasteiger partial charge is 0.530 e. The number of aliphatic hydroxyl groups excluding tert-OH is 3. The van der Waals surface area contributed by atoms with Gasteiger partial charge in [-0.15, -0.1) is 0 Å². The van der Waals surface area contributed by atoms with E-state index in [9.17, 15) is 39.9 Å². The molecule has 1 heterocycles. The fourth-order valence-electron chi connectivity index (χ4n) is 2.91. The molecule has 1 aliphatic rings. The maximum Gasteiger partial charge on any atom is 3.00 e. The van der Waals surface area contributed by atoms with Crippen molar-refractivity contribution in [3.05, 3.63) is 0 Å². The number of carboxylic acid groups (broad SMARTS) is 3. The van der Waals surface area contributed by atoms with Crippen LogP contribution in [0.3, 0.4) is 0 Å². The van der Waals surface area contributed by atoms with Crippen LogP contribution in [0.25, 0.3) is 0 Å². The predicted molar refractivity (Wildman–Crippen MR) is 92.2 cm³/mol. The van der Waals surface area contributed by atoms with E-state index in [2.05, 4.69) is 0 Å². The Morgan fingerprint density at radius 1 is 0.690 bits per heavy atom. The van der Waals surface area contributed by atoms with Crippen molar-refractivity contribution in [3.8, 4) is 0 Å². The zero-order valence-electron chi connectivity index (χ0n) is 15.9. The zero-order valence-corrected chi connectivity index (χ0v) is 18.3. The summed E-state index contributed by atoms with van der Waals surface area (Å²) in [6, 6.07) is -0.958.